The number of fused-ring (bicyclic) bond motifs is 1. The van der Waals surface area contributed by atoms with Crippen molar-refractivity contribution in [2.45, 2.75) is 25.3 Å². The zero-order chi connectivity index (χ0) is 24.8. The number of aromatic hydroxyl groups is 1. The van der Waals surface area contributed by atoms with Crippen LogP contribution in [0.15, 0.2) is 60.9 Å². The molecule has 8 nitrogen and oxygen atoms in total. The second kappa shape index (κ2) is 11.2. The second-order valence-electron chi connectivity index (χ2n) is 8.51. The van der Waals surface area contributed by atoms with Gasteiger partial charge in [0, 0.05) is 34.4 Å². The predicted octanol–water partition coefficient (Wildman–Crippen LogP) is 5.98. The van der Waals surface area contributed by atoms with Gasteiger partial charge in [-0.05, 0) is 63.3 Å². The van der Waals surface area contributed by atoms with E-state index in [2.05, 4.69) is 44.6 Å². The van der Waals surface area contributed by atoms with Crippen molar-refractivity contribution in [3.63, 3.8) is 0 Å². The number of phenols is 1. The predicted molar refractivity (Wildman–Crippen MR) is 141 cm³/mol. The van der Waals surface area contributed by atoms with Crippen molar-refractivity contribution in [3.05, 3.63) is 65.9 Å². The van der Waals surface area contributed by atoms with E-state index in [1.54, 1.807) is 30.6 Å². The van der Waals surface area contributed by atoms with E-state index in [4.69, 9.17) is 16.3 Å². The molecule has 1 saturated carbocycles. The number of aromatic nitrogens is 3. The van der Waals surface area contributed by atoms with Crippen molar-refractivity contribution in [1.82, 2.24) is 19.9 Å². The van der Waals surface area contributed by atoms with E-state index >= 15 is 0 Å². The molecule has 0 bridgehead atoms. The Kier molecular flexibility index (Phi) is 7.84. The molecule has 0 aliphatic heterocycles. The molecule has 2 aromatic carbocycles. The van der Waals surface area contributed by atoms with Crippen molar-refractivity contribution in [2.75, 3.05) is 31.8 Å². The van der Waals surface area contributed by atoms with Crippen molar-refractivity contribution >= 4 is 45.6 Å². The molecule has 9 heteroatoms. The molecule has 2 heterocycles. The molecule has 0 radical (unpaired) electrons. The zero-order valence-corrected chi connectivity index (χ0v) is 20.8. The summed E-state index contributed by atoms with van der Waals surface area (Å²) in [5.41, 5.74) is 2.31. The number of rotatable bonds is 6. The number of nitrogens with one attached hydrogen (secondary N) is 2. The molecule has 1 aliphatic rings. The van der Waals surface area contributed by atoms with Gasteiger partial charge in [0.25, 0.3) is 0 Å². The van der Waals surface area contributed by atoms with Crippen LogP contribution in [0.3, 0.4) is 0 Å². The van der Waals surface area contributed by atoms with Crippen molar-refractivity contribution < 1.29 is 9.84 Å². The van der Waals surface area contributed by atoms with Gasteiger partial charge in [0.15, 0.2) is 11.5 Å². The SMILES string of the molecule is CN(C)C1CCC1.COc1cc(Nc2nccc(Nc3cnc4cc(Cl)ccc4c3)n2)ccc1O. The van der Waals surface area contributed by atoms with Gasteiger partial charge in [0.2, 0.25) is 5.95 Å². The highest BCUT2D eigenvalue weighted by Crippen LogP contribution is 2.30. The van der Waals surface area contributed by atoms with Crippen LogP contribution in [0.4, 0.5) is 23.1 Å². The van der Waals surface area contributed by atoms with Crippen molar-refractivity contribution in [2.24, 2.45) is 0 Å². The van der Waals surface area contributed by atoms with E-state index in [1.165, 1.54) is 32.4 Å². The first kappa shape index (κ1) is 24.5. The fraction of sp³-hybridized carbons (Fsp3) is 0.269. The van der Waals surface area contributed by atoms with Gasteiger partial charge in [-0.2, -0.15) is 4.98 Å². The normalized spacial score (nSPS) is 13.1. The van der Waals surface area contributed by atoms with Gasteiger partial charge in [-0.3, -0.25) is 4.98 Å². The number of methoxy groups -OCH3 is 1. The maximum absolute atomic E-state index is 9.69. The number of benzene rings is 2. The molecule has 5 rings (SSSR count). The molecule has 0 spiro atoms. The molecule has 0 atom stereocenters. The fourth-order valence-corrected chi connectivity index (χ4v) is 3.75. The van der Waals surface area contributed by atoms with Gasteiger partial charge in [-0.25, -0.2) is 4.98 Å². The van der Waals surface area contributed by atoms with Gasteiger partial charge < -0.3 is 25.4 Å². The van der Waals surface area contributed by atoms with Gasteiger partial charge in [0.1, 0.15) is 5.82 Å². The molecule has 182 valence electrons. The van der Waals surface area contributed by atoms with Gasteiger partial charge in [-0.15, -0.1) is 0 Å². The molecule has 2 aromatic heterocycles. The highest BCUT2D eigenvalue weighted by atomic mass is 35.5. The van der Waals surface area contributed by atoms with Crippen LogP contribution in [0, 0.1) is 0 Å². The smallest absolute Gasteiger partial charge is 0.229 e. The second-order valence-corrected chi connectivity index (χ2v) is 8.95. The Morgan fingerprint density at radius 1 is 1.00 bits per heavy atom. The lowest BCUT2D eigenvalue weighted by molar-refractivity contribution is 0.193. The summed E-state index contributed by atoms with van der Waals surface area (Å²) in [5.74, 6) is 1.44. The number of phenolic OH excluding ortho intramolecular Hbond substituents is 1. The molecule has 1 aliphatic carbocycles. The van der Waals surface area contributed by atoms with Gasteiger partial charge >= 0.3 is 0 Å². The minimum atomic E-state index is 0.0643. The number of hydrogen-bond acceptors (Lipinski definition) is 8. The molecular formula is C26H29ClN6O2. The minimum absolute atomic E-state index is 0.0643. The van der Waals surface area contributed by atoms with Crippen LogP contribution < -0.4 is 15.4 Å². The summed E-state index contributed by atoms with van der Waals surface area (Å²) >= 11 is 6.00. The van der Waals surface area contributed by atoms with Crippen molar-refractivity contribution in [3.8, 4) is 11.5 Å². The highest BCUT2D eigenvalue weighted by molar-refractivity contribution is 6.31. The Balaban J connectivity index is 0.000000356. The average molecular weight is 493 g/mol. The Bertz CT molecular complexity index is 1300. The Hall–Kier alpha value is -3.62. The van der Waals surface area contributed by atoms with Crippen LogP contribution in [0.2, 0.25) is 5.02 Å². The monoisotopic (exact) mass is 492 g/mol. The minimum Gasteiger partial charge on any atom is -0.504 e. The summed E-state index contributed by atoms with van der Waals surface area (Å²) in [6, 6.07) is 15.1. The van der Waals surface area contributed by atoms with Gasteiger partial charge in [-0.1, -0.05) is 24.1 Å². The number of hydrogen-bond donors (Lipinski definition) is 3. The molecule has 4 aromatic rings. The number of ether oxygens (including phenoxy) is 1. The highest BCUT2D eigenvalue weighted by Gasteiger charge is 2.18. The Morgan fingerprint density at radius 3 is 2.51 bits per heavy atom. The standard InChI is InChI=1S/C20H16ClN5O2.C6H13N/c1-28-18-10-14(4-5-17(18)27)25-20-22-7-6-19(26-20)24-15-8-12-2-3-13(21)9-16(12)23-11-15;1-7(2)6-4-3-5-6/h2-11,27H,1H3,(H2,22,24,25,26);6H,3-5H2,1-2H3. The lowest BCUT2D eigenvalue weighted by Crippen LogP contribution is -2.33. The quantitative estimate of drug-likeness (QED) is 0.283. The van der Waals surface area contributed by atoms with E-state index in [1.807, 2.05) is 24.3 Å². The van der Waals surface area contributed by atoms with Crippen LogP contribution in [-0.2, 0) is 0 Å². The summed E-state index contributed by atoms with van der Waals surface area (Å²) in [7, 11) is 5.80. The number of halogens is 1. The molecule has 35 heavy (non-hydrogen) atoms. The average Bonchev–Trinajstić information content (AvgIpc) is 2.80. The Labute approximate surface area is 210 Å². The summed E-state index contributed by atoms with van der Waals surface area (Å²) in [6.45, 7) is 0. The zero-order valence-electron chi connectivity index (χ0n) is 20.0. The summed E-state index contributed by atoms with van der Waals surface area (Å²) in [4.78, 5) is 15.4. The third kappa shape index (κ3) is 6.49. The van der Waals surface area contributed by atoms with Crippen LogP contribution in [0.5, 0.6) is 11.5 Å². The molecule has 0 amide bonds. The third-order valence-electron chi connectivity index (χ3n) is 5.82. The topological polar surface area (TPSA) is 95.4 Å². The van der Waals surface area contributed by atoms with Crippen LogP contribution in [-0.4, -0.2) is 52.2 Å². The van der Waals surface area contributed by atoms with E-state index in [0.29, 0.717) is 28.2 Å². The first-order valence-electron chi connectivity index (χ1n) is 11.4. The first-order chi connectivity index (χ1) is 16.9. The van der Waals surface area contributed by atoms with Gasteiger partial charge in [0.05, 0.1) is 24.5 Å². The fourth-order valence-electron chi connectivity index (χ4n) is 3.59. The number of pyridine rings is 1. The Morgan fingerprint density at radius 2 is 1.83 bits per heavy atom. The lowest BCUT2D eigenvalue weighted by atomic mass is 9.92. The van der Waals surface area contributed by atoms with E-state index in [-0.39, 0.29) is 5.75 Å². The van der Waals surface area contributed by atoms with Crippen molar-refractivity contribution in [1.29, 1.82) is 0 Å². The maximum Gasteiger partial charge on any atom is 0.229 e. The van der Waals surface area contributed by atoms with E-state index < -0.39 is 0 Å². The molecular weight excluding hydrogens is 464 g/mol. The third-order valence-corrected chi connectivity index (χ3v) is 6.05. The van der Waals surface area contributed by atoms with Crippen LogP contribution in [0.25, 0.3) is 10.9 Å². The maximum atomic E-state index is 9.69. The van der Waals surface area contributed by atoms with Crippen LogP contribution >= 0.6 is 11.6 Å². The van der Waals surface area contributed by atoms with Crippen LogP contribution in [0.1, 0.15) is 19.3 Å². The number of nitrogens with zero attached hydrogens (tertiary/aromatic N) is 4. The summed E-state index contributed by atoms with van der Waals surface area (Å²) < 4.78 is 5.11. The summed E-state index contributed by atoms with van der Waals surface area (Å²) in [5, 5.41) is 17.6. The lowest BCUT2D eigenvalue weighted by Gasteiger charge is -2.31. The molecule has 1 fully saturated rings. The molecule has 0 unspecified atom stereocenters. The molecule has 0 saturated heterocycles. The first-order valence-corrected chi connectivity index (χ1v) is 11.7. The molecule has 3 N–H and O–H groups in total. The van der Waals surface area contributed by atoms with E-state index in [9.17, 15) is 5.11 Å². The summed E-state index contributed by atoms with van der Waals surface area (Å²) in [6.07, 6.45) is 7.66. The number of anilines is 4. The van der Waals surface area contributed by atoms with E-state index in [0.717, 1.165) is 22.6 Å². The largest absolute Gasteiger partial charge is 0.504 e.